The molecule has 2 aromatic heterocycles. The van der Waals surface area contributed by atoms with Crippen molar-refractivity contribution in [2.24, 2.45) is 0 Å². The molecule has 7 heteroatoms. The molecule has 2 heterocycles. The van der Waals surface area contributed by atoms with Crippen LogP contribution in [0.5, 0.6) is 0 Å². The third-order valence-corrected chi connectivity index (χ3v) is 6.52. The first-order valence-electron chi connectivity index (χ1n) is 7.19. The van der Waals surface area contributed by atoms with Crippen LogP contribution in [0.2, 0.25) is 0 Å². The monoisotopic (exact) mass is 348 g/mol. The molecular formula is C16H16N2O3S2. The van der Waals surface area contributed by atoms with Crippen LogP contribution in [0.3, 0.4) is 0 Å². The molecule has 3 rings (SSSR count). The highest BCUT2D eigenvalue weighted by atomic mass is 32.2. The van der Waals surface area contributed by atoms with Gasteiger partial charge in [-0.05, 0) is 6.92 Å². The van der Waals surface area contributed by atoms with E-state index in [4.69, 9.17) is 4.52 Å². The lowest BCUT2D eigenvalue weighted by Gasteiger charge is -2.01. The first kappa shape index (κ1) is 15.9. The van der Waals surface area contributed by atoms with E-state index in [1.54, 1.807) is 12.3 Å². The summed E-state index contributed by atoms with van der Waals surface area (Å²) >= 11 is 1.14. The van der Waals surface area contributed by atoms with E-state index in [9.17, 15) is 8.42 Å². The fourth-order valence-corrected chi connectivity index (χ4v) is 4.86. The number of sulfone groups is 1. The van der Waals surface area contributed by atoms with E-state index < -0.39 is 9.84 Å². The number of hydrogen-bond donors (Lipinski definition) is 0. The fourth-order valence-electron chi connectivity index (χ4n) is 2.29. The lowest BCUT2D eigenvalue weighted by atomic mass is 10.2. The van der Waals surface area contributed by atoms with Crippen LogP contribution in [0.4, 0.5) is 0 Å². The number of aromatic nitrogens is 2. The Hall–Kier alpha value is -1.99. The van der Waals surface area contributed by atoms with Crippen molar-refractivity contribution in [1.29, 1.82) is 0 Å². The van der Waals surface area contributed by atoms with Crippen molar-refractivity contribution in [3.63, 3.8) is 0 Å². The minimum atomic E-state index is -3.52. The third kappa shape index (κ3) is 3.20. The Balaban J connectivity index is 1.92. The molecule has 0 saturated carbocycles. The fraction of sp³-hybridized carbons (Fsp3) is 0.250. The molecule has 120 valence electrons. The minimum Gasteiger partial charge on any atom is -0.361 e. The highest BCUT2D eigenvalue weighted by Gasteiger charge is 2.24. The Morgan fingerprint density at radius 3 is 2.65 bits per heavy atom. The van der Waals surface area contributed by atoms with Gasteiger partial charge in [0.1, 0.15) is 5.76 Å². The average molecular weight is 348 g/mol. The van der Waals surface area contributed by atoms with Crippen LogP contribution in [0.15, 0.2) is 44.6 Å². The zero-order valence-corrected chi connectivity index (χ0v) is 14.4. The maximum atomic E-state index is 12.6. The van der Waals surface area contributed by atoms with Crippen molar-refractivity contribution in [2.45, 2.75) is 30.4 Å². The highest BCUT2D eigenvalue weighted by Crippen LogP contribution is 2.28. The SMILES string of the molecule is CCc1onc(C)c1CS(=O)(=O)c1nc(-c2ccccc2)cs1. The van der Waals surface area contributed by atoms with E-state index >= 15 is 0 Å². The van der Waals surface area contributed by atoms with Crippen molar-refractivity contribution in [3.8, 4) is 11.3 Å². The van der Waals surface area contributed by atoms with E-state index in [2.05, 4.69) is 10.1 Å². The van der Waals surface area contributed by atoms with Gasteiger partial charge in [0.15, 0.2) is 0 Å². The van der Waals surface area contributed by atoms with E-state index in [1.165, 1.54) is 0 Å². The summed E-state index contributed by atoms with van der Waals surface area (Å²) in [7, 11) is -3.52. The zero-order chi connectivity index (χ0) is 16.4. The van der Waals surface area contributed by atoms with Crippen molar-refractivity contribution < 1.29 is 12.9 Å². The standard InChI is InChI=1S/C16H16N2O3S2/c1-3-15-13(11(2)18-21-15)10-23(19,20)16-17-14(9-22-16)12-7-5-4-6-8-12/h4-9H,3,10H2,1-2H3. The van der Waals surface area contributed by atoms with Crippen LogP contribution in [0.1, 0.15) is 23.9 Å². The first-order valence-corrected chi connectivity index (χ1v) is 9.72. The summed E-state index contributed by atoms with van der Waals surface area (Å²) in [5.74, 6) is 0.485. The molecule has 0 fully saturated rings. The van der Waals surface area contributed by atoms with E-state index in [1.807, 2.05) is 37.3 Å². The van der Waals surface area contributed by atoms with Crippen LogP contribution >= 0.6 is 11.3 Å². The molecule has 0 aliphatic heterocycles. The average Bonchev–Trinajstić information content (AvgIpc) is 3.17. The van der Waals surface area contributed by atoms with Crippen LogP contribution < -0.4 is 0 Å². The molecule has 0 bridgehead atoms. The van der Waals surface area contributed by atoms with Gasteiger partial charge in [-0.1, -0.05) is 42.4 Å². The van der Waals surface area contributed by atoms with Crippen molar-refractivity contribution in [3.05, 3.63) is 52.7 Å². The smallest absolute Gasteiger partial charge is 0.210 e. The van der Waals surface area contributed by atoms with Crippen LogP contribution in [0.25, 0.3) is 11.3 Å². The molecule has 0 unspecified atom stereocenters. The van der Waals surface area contributed by atoms with Gasteiger partial charge >= 0.3 is 0 Å². The molecule has 1 aromatic carbocycles. The molecule has 0 aliphatic rings. The number of thiazole rings is 1. The van der Waals surface area contributed by atoms with E-state index in [0.29, 0.717) is 29.1 Å². The third-order valence-electron chi connectivity index (χ3n) is 3.54. The molecule has 0 atom stereocenters. The molecule has 5 nitrogen and oxygen atoms in total. The number of aryl methyl sites for hydroxylation is 2. The number of benzene rings is 1. The number of hydrogen-bond acceptors (Lipinski definition) is 6. The van der Waals surface area contributed by atoms with Gasteiger partial charge in [0.25, 0.3) is 0 Å². The summed E-state index contributed by atoms with van der Waals surface area (Å²) in [6.45, 7) is 3.66. The second kappa shape index (κ2) is 6.25. The van der Waals surface area contributed by atoms with Crippen molar-refractivity contribution in [1.82, 2.24) is 10.1 Å². The Morgan fingerprint density at radius 2 is 1.96 bits per heavy atom. The summed E-state index contributed by atoms with van der Waals surface area (Å²) in [5, 5.41) is 5.63. The first-order chi connectivity index (χ1) is 11.0. The predicted molar refractivity (Wildman–Crippen MR) is 89.1 cm³/mol. The van der Waals surface area contributed by atoms with Gasteiger partial charge < -0.3 is 4.52 Å². The van der Waals surface area contributed by atoms with Gasteiger partial charge in [-0.15, -0.1) is 11.3 Å². The van der Waals surface area contributed by atoms with Crippen molar-refractivity contribution in [2.75, 3.05) is 0 Å². The summed E-state index contributed by atoms with van der Waals surface area (Å²) in [6, 6.07) is 9.53. The molecule has 23 heavy (non-hydrogen) atoms. The van der Waals surface area contributed by atoms with Gasteiger partial charge in [-0.3, -0.25) is 0 Å². The number of nitrogens with zero attached hydrogens (tertiary/aromatic N) is 2. The Kier molecular flexibility index (Phi) is 4.32. The van der Waals surface area contributed by atoms with Gasteiger partial charge in [0.05, 0.1) is 17.1 Å². The van der Waals surface area contributed by atoms with E-state index in [0.717, 1.165) is 16.9 Å². The molecule has 0 aliphatic carbocycles. The molecule has 0 spiro atoms. The number of rotatable bonds is 5. The van der Waals surface area contributed by atoms with Crippen LogP contribution in [-0.4, -0.2) is 18.6 Å². The molecule has 3 aromatic rings. The maximum Gasteiger partial charge on any atom is 0.210 e. The van der Waals surface area contributed by atoms with Gasteiger partial charge in [-0.25, -0.2) is 13.4 Å². The normalized spacial score (nSPS) is 11.7. The van der Waals surface area contributed by atoms with Crippen LogP contribution in [-0.2, 0) is 22.0 Å². The summed E-state index contributed by atoms with van der Waals surface area (Å²) in [6.07, 6.45) is 0.610. The summed E-state index contributed by atoms with van der Waals surface area (Å²) < 4.78 is 30.6. The second-order valence-corrected chi connectivity index (χ2v) is 8.17. The molecular weight excluding hydrogens is 332 g/mol. The zero-order valence-electron chi connectivity index (χ0n) is 12.8. The van der Waals surface area contributed by atoms with Crippen molar-refractivity contribution >= 4 is 21.2 Å². The predicted octanol–water partition coefficient (Wildman–Crippen LogP) is 3.64. The lowest BCUT2D eigenvalue weighted by Crippen LogP contribution is -2.06. The maximum absolute atomic E-state index is 12.6. The van der Waals surface area contributed by atoms with E-state index in [-0.39, 0.29) is 10.1 Å². The van der Waals surface area contributed by atoms with Gasteiger partial charge in [-0.2, -0.15) is 0 Å². The molecule has 0 amide bonds. The largest absolute Gasteiger partial charge is 0.361 e. The van der Waals surface area contributed by atoms with Crippen LogP contribution in [0, 0.1) is 6.92 Å². The molecule has 0 saturated heterocycles. The topological polar surface area (TPSA) is 73.1 Å². The van der Waals surface area contributed by atoms with Gasteiger partial charge in [0.2, 0.25) is 14.2 Å². The quantitative estimate of drug-likeness (QED) is 0.704. The minimum absolute atomic E-state index is 0.124. The molecule has 0 radical (unpaired) electrons. The summed E-state index contributed by atoms with van der Waals surface area (Å²) in [4.78, 5) is 4.30. The highest BCUT2D eigenvalue weighted by molar-refractivity contribution is 7.92. The lowest BCUT2D eigenvalue weighted by molar-refractivity contribution is 0.382. The Morgan fingerprint density at radius 1 is 1.22 bits per heavy atom. The Labute approximate surface area is 138 Å². The molecule has 0 N–H and O–H groups in total. The Bertz CT molecular complexity index is 912. The van der Waals surface area contributed by atoms with Gasteiger partial charge in [0, 0.05) is 22.9 Å². The summed E-state index contributed by atoms with van der Waals surface area (Å²) in [5.41, 5.74) is 2.83. The second-order valence-electron chi connectivity index (χ2n) is 5.15.